The monoisotopic (exact) mass is 271 g/mol. The lowest BCUT2D eigenvalue weighted by atomic mass is 10.0. The van der Waals surface area contributed by atoms with Gasteiger partial charge in [-0.2, -0.15) is 0 Å². The van der Waals surface area contributed by atoms with Gasteiger partial charge in [0.2, 0.25) is 0 Å². The zero-order valence-electron chi connectivity index (χ0n) is 12.6. The number of hydrogen-bond donors (Lipinski definition) is 1. The van der Waals surface area contributed by atoms with Crippen LogP contribution in [0.2, 0.25) is 0 Å². The Morgan fingerprint density at radius 3 is 2.75 bits per heavy atom. The minimum Gasteiger partial charge on any atom is -0.353 e. The average Bonchev–Trinajstić information content (AvgIpc) is 3.00. The Bertz CT molecular complexity index is 489. The van der Waals surface area contributed by atoms with Gasteiger partial charge in [-0.3, -0.25) is 4.99 Å². The van der Waals surface area contributed by atoms with Crippen molar-refractivity contribution in [2.24, 2.45) is 4.99 Å². The summed E-state index contributed by atoms with van der Waals surface area (Å²) in [5, 5.41) is 3.69. The Balaban J connectivity index is 1.64. The maximum Gasteiger partial charge on any atom is 0.194 e. The van der Waals surface area contributed by atoms with E-state index in [2.05, 4.69) is 53.3 Å². The minimum atomic E-state index is 0.571. The quantitative estimate of drug-likeness (QED) is 0.676. The smallest absolute Gasteiger partial charge is 0.194 e. The molecular formula is C17H25N3. The second-order valence-electron chi connectivity index (χ2n) is 5.94. The van der Waals surface area contributed by atoms with Crippen molar-refractivity contribution in [3.05, 3.63) is 35.4 Å². The van der Waals surface area contributed by atoms with E-state index in [9.17, 15) is 0 Å². The summed E-state index contributed by atoms with van der Waals surface area (Å²) < 4.78 is 0. The van der Waals surface area contributed by atoms with Crippen LogP contribution in [0, 0.1) is 6.92 Å². The Morgan fingerprint density at radius 2 is 2.05 bits per heavy atom. The molecule has 0 amide bonds. The van der Waals surface area contributed by atoms with Crippen molar-refractivity contribution in [3.63, 3.8) is 0 Å². The first-order valence-electron chi connectivity index (χ1n) is 7.91. The van der Waals surface area contributed by atoms with Crippen LogP contribution in [0.15, 0.2) is 29.3 Å². The summed E-state index contributed by atoms with van der Waals surface area (Å²) in [5.41, 5.74) is 2.92. The summed E-state index contributed by atoms with van der Waals surface area (Å²) in [5.74, 6) is 1.80. The molecule has 1 saturated carbocycles. The molecule has 2 atom stereocenters. The molecule has 1 aromatic rings. The van der Waals surface area contributed by atoms with Crippen molar-refractivity contribution in [1.82, 2.24) is 10.2 Å². The number of hydrogen-bond acceptors (Lipinski definition) is 1. The lowest BCUT2D eigenvalue weighted by molar-refractivity contribution is 0.490. The van der Waals surface area contributed by atoms with Gasteiger partial charge in [-0.15, -0.1) is 0 Å². The number of rotatable bonds is 3. The molecule has 0 radical (unpaired) electrons. The maximum absolute atomic E-state index is 4.67. The van der Waals surface area contributed by atoms with Crippen LogP contribution in [0.25, 0.3) is 0 Å². The fourth-order valence-electron chi connectivity index (χ4n) is 3.18. The molecule has 2 aliphatic rings. The lowest BCUT2D eigenvalue weighted by Gasteiger charge is -2.21. The molecule has 0 spiro atoms. The molecule has 2 unspecified atom stereocenters. The zero-order chi connectivity index (χ0) is 13.9. The molecule has 3 rings (SSSR count). The number of guanidine groups is 1. The van der Waals surface area contributed by atoms with E-state index < -0.39 is 0 Å². The highest BCUT2D eigenvalue weighted by atomic mass is 15.3. The van der Waals surface area contributed by atoms with Crippen LogP contribution in [0.3, 0.4) is 0 Å². The minimum absolute atomic E-state index is 0.571. The number of nitrogens with one attached hydrogen (secondary N) is 1. The van der Waals surface area contributed by atoms with Gasteiger partial charge < -0.3 is 10.2 Å². The first kappa shape index (κ1) is 13.5. The third-order valence-corrected chi connectivity index (χ3v) is 4.41. The van der Waals surface area contributed by atoms with Crippen molar-refractivity contribution in [2.45, 2.75) is 45.1 Å². The van der Waals surface area contributed by atoms with E-state index >= 15 is 0 Å². The average molecular weight is 271 g/mol. The van der Waals surface area contributed by atoms with Crippen molar-refractivity contribution in [1.29, 1.82) is 0 Å². The molecule has 1 aliphatic heterocycles. The van der Waals surface area contributed by atoms with Crippen LogP contribution in [0.1, 0.15) is 43.2 Å². The third kappa shape index (κ3) is 2.82. The molecule has 1 aliphatic carbocycles. The molecule has 2 fully saturated rings. The summed E-state index contributed by atoms with van der Waals surface area (Å²) in [6.07, 6.45) is 3.84. The molecule has 1 saturated heterocycles. The Labute approximate surface area is 122 Å². The molecule has 20 heavy (non-hydrogen) atoms. The molecular weight excluding hydrogens is 246 g/mol. The van der Waals surface area contributed by atoms with Crippen molar-refractivity contribution < 1.29 is 0 Å². The molecule has 3 nitrogen and oxygen atoms in total. The summed E-state index contributed by atoms with van der Waals surface area (Å²) >= 11 is 0. The predicted molar refractivity (Wildman–Crippen MR) is 84.2 cm³/mol. The second kappa shape index (κ2) is 5.86. The topological polar surface area (TPSA) is 27.6 Å². The van der Waals surface area contributed by atoms with Crippen LogP contribution in [-0.2, 0) is 0 Å². The normalized spacial score (nSPS) is 25.9. The first-order valence-corrected chi connectivity index (χ1v) is 7.91. The number of nitrogens with zero attached hydrogens (tertiary/aromatic N) is 2. The van der Waals surface area contributed by atoms with E-state index in [1.807, 2.05) is 0 Å². The first-order chi connectivity index (χ1) is 9.79. The van der Waals surface area contributed by atoms with Crippen molar-refractivity contribution in [3.8, 4) is 0 Å². The summed E-state index contributed by atoms with van der Waals surface area (Å²) in [7, 11) is 0. The maximum atomic E-state index is 4.67. The Hall–Kier alpha value is -1.51. The van der Waals surface area contributed by atoms with Gasteiger partial charge in [0, 0.05) is 31.6 Å². The van der Waals surface area contributed by atoms with Crippen molar-refractivity contribution in [2.75, 3.05) is 19.6 Å². The van der Waals surface area contributed by atoms with E-state index in [0.717, 1.165) is 25.6 Å². The third-order valence-electron chi connectivity index (χ3n) is 4.41. The van der Waals surface area contributed by atoms with Gasteiger partial charge in [0.1, 0.15) is 0 Å². The molecule has 1 heterocycles. The second-order valence-corrected chi connectivity index (χ2v) is 5.94. The van der Waals surface area contributed by atoms with Crippen LogP contribution in [0.5, 0.6) is 0 Å². The number of benzene rings is 1. The van der Waals surface area contributed by atoms with Gasteiger partial charge in [0.25, 0.3) is 0 Å². The molecule has 0 aromatic heterocycles. The standard InChI is InChI=1S/C17H25N3/c1-3-18-17(20-10-6-7-11-20)19-16-12-15(16)14-9-5-4-8-13(14)2/h4-5,8-9,15-16H,3,6-7,10-12H2,1-2H3,(H,18,19). The van der Waals surface area contributed by atoms with E-state index in [0.29, 0.717) is 12.0 Å². The highest BCUT2D eigenvalue weighted by molar-refractivity contribution is 5.81. The predicted octanol–water partition coefficient (Wildman–Crippen LogP) is 2.91. The van der Waals surface area contributed by atoms with E-state index in [1.165, 1.54) is 30.4 Å². The van der Waals surface area contributed by atoms with Gasteiger partial charge >= 0.3 is 0 Å². The van der Waals surface area contributed by atoms with Gasteiger partial charge in [0.15, 0.2) is 5.96 Å². The lowest BCUT2D eigenvalue weighted by Crippen LogP contribution is -2.41. The number of aryl methyl sites for hydroxylation is 1. The van der Waals surface area contributed by atoms with Gasteiger partial charge in [-0.1, -0.05) is 24.3 Å². The summed E-state index contributed by atoms with van der Waals surface area (Å²) in [6, 6.07) is 9.33. The SMILES string of the molecule is CCN=C(NC1CC1c1ccccc1C)N1CCCC1. The zero-order valence-corrected chi connectivity index (χ0v) is 12.6. The van der Waals surface area contributed by atoms with Crippen LogP contribution < -0.4 is 5.32 Å². The van der Waals surface area contributed by atoms with Crippen molar-refractivity contribution >= 4 is 5.96 Å². The molecule has 108 valence electrons. The van der Waals surface area contributed by atoms with E-state index in [-0.39, 0.29) is 0 Å². The molecule has 1 N–H and O–H groups in total. The fraction of sp³-hybridized carbons (Fsp3) is 0.588. The number of likely N-dealkylation sites (tertiary alicyclic amines) is 1. The molecule has 1 aromatic carbocycles. The Morgan fingerprint density at radius 1 is 1.30 bits per heavy atom. The molecule has 0 bridgehead atoms. The fourth-order valence-corrected chi connectivity index (χ4v) is 3.18. The largest absolute Gasteiger partial charge is 0.353 e. The molecule has 3 heteroatoms. The Kier molecular flexibility index (Phi) is 3.95. The summed E-state index contributed by atoms with van der Waals surface area (Å²) in [6.45, 7) is 7.51. The highest BCUT2D eigenvalue weighted by Crippen LogP contribution is 2.42. The van der Waals surface area contributed by atoms with Crippen LogP contribution in [0.4, 0.5) is 0 Å². The van der Waals surface area contributed by atoms with E-state index in [4.69, 9.17) is 0 Å². The van der Waals surface area contributed by atoms with Gasteiger partial charge in [0.05, 0.1) is 0 Å². The van der Waals surface area contributed by atoms with Crippen LogP contribution >= 0.6 is 0 Å². The van der Waals surface area contributed by atoms with Crippen LogP contribution in [-0.4, -0.2) is 36.5 Å². The van der Waals surface area contributed by atoms with Gasteiger partial charge in [-0.05, 0) is 44.2 Å². The summed E-state index contributed by atoms with van der Waals surface area (Å²) in [4.78, 5) is 7.08. The number of aliphatic imine (C=N–C) groups is 1. The van der Waals surface area contributed by atoms with Gasteiger partial charge in [-0.25, -0.2) is 0 Å². The highest BCUT2D eigenvalue weighted by Gasteiger charge is 2.40. The van der Waals surface area contributed by atoms with E-state index in [1.54, 1.807) is 0 Å².